The molecule has 0 aliphatic rings. The molecule has 7 heteroatoms. The molecular weight excluding hydrogens is 350 g/mol. The fourth-order valence-electron chi connectivity index (χ4n) is 2.96. The number of benzene rings is 2. The molecule has 7 nitrogen and oxygen atoms in total. The van der Waals surface area contributed by atoms with Crippen molar-refractivity contribution < 1.29 is 28.8 Å². The van der Waals surface area contributed by atoms with Crippen LogP contribution in [0, 0.1) is 0 Å². The minimum Gasteiger partial charge on any atom is -0.497 e. The highest BCUT2D eigenvalue weighted by Gasteiger charge is 2.23. The van der Waals surface area contributed by atoms with E-state index in [-0.39, 0.29) is 11.3 Å². The van der Waals surface area contributed by atoms with Gasteiger partial charge in [0.05, 0.1) is 50.6 Å². The van der Waals surface area contributed by atoms with E-state index in [0.29, 0.717) is 33.8 Å². The quantitative estimate of drug-likeness (QED) is 0.710. The van der Waals surface area contributed by atoms with Crippen LogP contribution in [0.2, 0.25) is 0 Å². The van der Waals surface area contributed by atoms with Gasteiger partial charge in [0, 0.05) is 11.6 Å². The number of hydrogen-bond donors (Lipinski definition) is 1. The van der Waals surface area contributed by atoms with Crippen molar-refractivity contribution in [3.63, 3.8) is 0 Å². The molecule has 0 bridgehead atoms. The first-order chi connectivity index (χ1) is 13.0. The second-order valence-corrected chi connectivity index (χ2v) is 5.63. The van der Waals surface area contributed by atoms with Gasteiger partial charge < -0.3 is 24.1 Å². The zero-order valence-electron chi connectivity index (χ0n) is 15.4. The molecular formula is C20H19NO6. The van der Waals surface area contributed by atoms with Gasteiger partial charge in [-0.1, -0.05) is 12.1 Å². The molecule has 0 amide bonds. The number of hydrogen-bond acceptors (Lipinski definition) is 6. The number of ether oxygens (including phenoxy) is 4. The van der Waals surface area contributed by atoms with Crippen LogP contribution in [0.1, 0.15) is 10.4 Å². The Morgan fingerprint density at radius 1 is 0.926 bits per heavy atom. The number of nitrogens with zero attached hydrogens (tertiary/aromatic N) is 1. The molecule has 1 N–H and O–H groups in total. The van der Waals surface area contributed by atoms with Crippen molar-refractivity contribution >= 4 is 16.9 Å². The summed E-state index contributed by atoms with van der Waals surface area (Å²) in [7, 11) is 5.97. The normalized spacial score (nSPS) is 10.5. The number of aromatic nitrogens is 1. The Labute approximate surface area is 156 Å². The van der Waals surface area contributed by atoms with Crippen molar-refractivity contribution in [3.8, 4) is 34.3 Å². The van der Waals surface area contributed by atoms with Crippen LogP contribution in [0.5, 0.6) is 23.0 Å². The maximum absolute atomic E-state index is 12.0. The molecule has 0 fully saturated rings. The first kappa shape index (κ1) is 18.3. The number of aromatic carboxylic acids is 1. The van der Waals surface area contributed by atoms with Gasteiger partial charge in [0.25, 0.3) is 0 Å². The van der Waals surface area contributed by atoms with E-state index in [9.17, 15) is 9.90 Å². The van der Waals surface area contributed by atoms with Crippen LogP contribution >= 0.6 is 0 Å². The topological polar surface area (TPSA) is 87.1 Å². The number of fused-ring (bicyclic) bond motifs is 1. The number of rotatable bonds is 6. The molecule has 3 rings (SSSR count). The predicted octanol–water partition coefficient (Wildman–Crippen LogP) is 3.63. The van der Waals surface area contributed by atoms with Crippen LogP contribution in [0.25, 0.3) is 22.2 Å². The zero-order chi connectivity index (χ0) is 19.6. The minimum absolute atomic E-state index is 0.0515. The highest BCUT2D eigenvalue weighted by Crippen LogP contribution is 2.44. The molecule has 0 saturated carbocycles. The van der Waals surface area contributed by atoms with Crippen molar-refractivity contribution in [1.29, 1.82) is 0 Å². The van der Waals surface area contributed by atoms with Gasteiger partial charge in [-0.3, -0.25) is 0 Å². The summed E-state index contributed by atoms with van der Waals surface area (Å²) in [4.78, 5) is 16.6. The van der Waals surface area contributed by atoms with E-state index in [1.807, 2.05) is 12.1 Å². The van der Waals surface area contributed by atoms with Gasteiger partial charge in [-0.2, -0.15) is 0 Å². The predicted molar refractivity (Wildman–Crippen MR) is 100 cm³/mol. The molecule has 27 heavy (non-hydrogen) atoms. The largest absolute Gasteiger partial charge is 0.497 e. The Hall–Kier alpha value is -3.48. The molecule has 0 radical (unpaired) electrons. The lowest BCUT2D eigenvalue weighted by Crippen LogP contribution is -2.04. The van der Waals surface area contributed by atoms with Crippen molar-refractivity contribution in [3.05, 3.63) is 42.0 Å². The van der Waals surface area contributed by atoms with Gasteiger partial charge in [0.1, 0.15) is 5.75 Å². The van der Waals surface area contributed by atoms with Gasteiger partial charge in [0.2, 0.25) is 5.75 Å². The highest BCUT2D eigenvalue weighted by atomic mass is 16.5. The van der Waals surface area contributed by atoms with Crippen LogP contribution in [-0.4, -0.2) is 44.5 Å². The van der Waals surface area contributed by atoms with Crippen molar-refractivity contribution in [2.24, 2.45) is 0 Å². The molecule has 1 aromatic heterocycles. The summed E-state index contributed by atoms with van der Waals surface area (Å²) >= 11 is 0. The third-order valence-electron chi connectivity index (χ3n) is 4.20. The summed E-state index contributed by atoms with van der Waals surface area (Å²) in [6.45, 7) is 0. The lowest BCUT2D eigenvalue weighted by Gasteiger charge is -2.16. The number of carboxylic acids is 1. The number of carboxylic acid groups (broad SMARTS) is 1. The lowest BCUT2D eigenvalue weighted by atomic mass is 10.0. The molecule has 0 spiro atoms. The van der Waals surface area contributed by atoms with E-state index >= 15 is 0 Å². The Morgan fingerprint density at radius 3 is 2.26 bits per heavy atom. The Balaban J connectivity index is 2.39. The van der Waals surface area contributed by atoms with Crippen molar-refractivity contribution in [1.82, 2.24) is 4.98 Å². The maximum Gasteiger partial charge on any atom is 0.336 e. The molecule has 1 heterocycles. The van der Waals surface area contributed by atoms with Gasteiger partial charge in [-0.05, 0) is 18.2 Å². The average molecular weight is 369 g/mol. The van der Waals surface area contributed by atoms with E-state index < -0.39 is 5.97 Å². The summed E-state index contributed by atoms with van der Waals surface area (Å²) in [5.41, 5.74) is 1.69. The molecule has 2 aromatic carbocycles. The van der Waals surface area contributed by atoms with Gasteiger partial charge in [-0.25, -0.2) is 9.78 Å². The maximum atomic E-state index is 12.0. The first-order valence-electron chi connectivity index (χ1n) is 8.05. The second-order valence-electron chi connectivity index (χ2n) is 5.63. The Morgan fingerprint density at radius 2 is 1.67 bits per heavy atom. The third kappa shape index (κ3) is 3.19. The summed E-state index contributed by atoms with van der Waals surface area (Å²) < 4.78 is 21.4. The van der Waals surface area contributed by atoms with Crippen molar-refractivity contribution in [2.45, 2.75) is 0 Å². The Kier molecular flexibility index (Phi) is 5.03. The first-order valence-corrected chi connectivity index (χ1v) is 8.05. The molecule has 0 unspecified atom stereocenters. The van der Waals surface area contributed by atoms with Crippen LogP contribution < -0.4 is 18.9 Å². The standard InChI is InChI=1S/C20H19NO6/c1-24-12-7-5-6-11(8-12)14-9-13(20(22)23)17-15(21-14)10-16(25-2)18(26-3)19(17)27-4/h5-10H,1-4H3,(H,22,23). The molecule has 0 aliphatic carbocycles. The van der Waals surface area contributed by atoms with E-state index in [1.54, 1.807) is 25.3 Å². The second kappa shape index (κ2) is 7.41. The molecule has 0 atom stereocenters. The van der Waals surface area contributed by atoms with Gasteiger partial charge in [0.15, 0.2) is 11.5 Å². The smallest absolute Gasteiger partial charge is 0.336 e. The minimum atomic E-state index is -1.10. The summed E-state index contributed by atoms with van der Waals surface area (Å²) in [5, 5.41) is 10.1. The zero-order valence-corrected chi connectivity index (χ0v) is 15.4. The van der Waals surface area contributed by atoms with Crippen LogP contribution in [0.4, 0.5) is 0 Å². The van der Waals surface area contributed by atoms with Gasteiger partial charge >= 0.3 is 5.97 Å². The molecule has 0 saturated heterocycles. The van der Waals surface area contributed by atoms with E-state index in [1.165, 1.54) is 27.4 Å². The average Bonchev–Trinajstić information content (AvgIpc) is 2.70. The summed E-state index contributed by atoms with van der Waals surface area (Å²) in [5.74, 6) is 0.515. The summed E-state index contributed by atoms with van der Waals surface area (Å²) in [6, 6.07) is 10.4. The number of carbonyl (C=O) groups is 1. The van der Waals surface area contributed by atoms with Crippen LogP contribution in [-0.2, 0) is 0 Å². The monoisotopic (exact) mass is 369 g/mol. The highest BCUT2D eigenvalue weighted by molar-refractivity contribution is 6.08. The van der Waals surface area contributed by atoms with Crippen LogP contribution in [0.15, 0.2) is 36.4 Å². The van der Waals surface area contributed by atoms with Gasteiger partial charge in [-0.15, -0.1) is 0 Å². The van der Waals surface area contributed by atoms with E-state index in [2.05, 4.69) is 4.98 Å². The fourth-order valence-corrected chi connectivity index (χ4v) is 2.96. The third-order valence-corrected chi connectivity index (χ3v) is 4.20. The lowest BCUT2D eigenvalue weighted by molar-refractivity contribution is 0.0698. The van der Waals surface area contributed by atoms with Crippen LogP contribution in [0.3, 0.4) is 0 Å². The molecule has 140 valence electrons. The summed E-state index contributed by atoms with van der Waals surface area (Å²) in [6.07, 6.45) is 0. The van der Waals surface area contributed by atoms with E-state index in [0.717, 1.165) is 5.56 Å². The fraction of sp³-hybridized carbons (Fsp3) is 0.200. The molecule has 0 aliphatic heterocycles. The number of pyridine rings is 1. The molecule has 3 aromatic rings. The Bertz CT molecular complexity index is 1020. The SMILES string of the molecule is COc1cccc(-c2cc(C(=O)O)c3c(OC)c(OC)c(OC)cc3n2)c1. The number of methoxy groups -OCH3 is 4. The van der Waals surface area contributed by atoms with Crippen molar-refractivity contribution in [2.75, 3.05) is 28.4 Å². The van der Waals surface area contributed by atoms with E-state index in [4.69, 9.17) is 18.9 Å².